The van der Waals surface area contributed by atoms with E-state index in [1.54, 1.807) is 12.1 Å². The molecule has 1 heterocycles. The predicted octanol–water partition coefficient (Wildman–Crippen LogP) is 4.22. The second-order valence-electron chi connectivity index (χ2n) is 8.17. The van der Waals surface area contributed by atoms with E-state index in [-0.39, 0.29) is 16.8 Å². The van der Waals surface area contributed by atoms with Crippen molar-refractivity contribution in [1.82, 2.24) is 9.62 Å². The molecule has 1 atom stereocenters. The molecule has 2 aromatic rings. The van der Waals surface area contributed by atoms with Gasteiger partial charge in [-0.15, -0.1) is 0 Å². The van der Waals surface area contributed by atoms with Gasteiger partial charge in [-0.2, -0.15) is 4.31 Å². The molecule has 0 saturated carbocycles. The highest BCUT2D eigenvalue weighted by Gasteiger charge is 2.29. The molecule has 0 aromatic heterocycles. The Bertz CT molecular complexity index is 976. The number of rotatable bonds is 5. The minimum atomic E-state index is -3.59. The van der Waals surface area contributed by atoms with Crippen LogP contribution >= 0.6 is 0 Å². The Morgan fingerprint density at radius 1 is 1.07 bits per heavy atom. The first-order valence-electron chi connectivity index (χ1n) is 10.2. The molecular weight excluding hydrogens is 384 g/mol. The molecule has 29 heavy (non-hydrogen) atoms. The van der Waals surface area contributed by atoms with Gasteiger partial charge in [0, 0.05) is 18.7 Å². The van der Waals surface area contributed by atoms with Gasteiger partial charge in [-0.3, -0.25) is 4.79 Å². The molecule has 1 N–H and O–H groups in total. The molecule has 1 amide bonds. The van der Waals surface area contributed by atoms with Crippen LogP contribution in [0.3, 0.4) is 0 Å². The summed E-state index contributed by atoms with van der Waals surface area (Å²) in [6.07, 6.45) is 1.74. The van der Waals surface area contributed by atoms with Crippen LogP contribution in [0.15, 0.2) is 47.4 Å². The lowest BCUT2D eigenvalue weighted by atomic mass is 10.0. The molecule has 0 spiro atoms. The standard InChI is InChI=1S/C23H30N2O3S/c1-16-5-8-20(9-6-16)19(4)24-23(26)22-15-21(10-7-18(22)3)29(27,28)25-13-11-17(2)12-14-25/h5-10,15,17,19H,11-14H2,1-4H3,(H,24,26)/t19-/m0/s1. The normalized spacial score (nSPS) is 17.1. The highest BCUT2D eigenvalue weighted by atomic mass is 32.2. The third-order valence-electron chi connectivity index (χ3n) is 5.76. The average Bonchev–Trinajstić information content (AvgIpc) is 2.68. The minimum Gasteiger partial charge on any atom is -0.346 e. The molecule has 0 aliphatic carbocycles. The highest BCUT2D eigenvalue weighted by Crippen LogP contribution is 2.25. The van der Waals surface area contributed by atoms with E-state index in [9.17, 15) is 13.2 Å². The van der Waals surface area contributed by atoms with Gasteiger partial charge in [-0.25, -0.2) is 8.42 Å². The van der Waals surface area contributed by atoms with E-state index in [1.807, 2.05) is 45.0 Å². The maximum atomic E-state index is 13.0. The molecule has 1 saturated heterocycles. The van der Waals surface area contributed by atoms with Crippen molar-refractivity contribution in [3.8, 4) is 0 Å². The Hall–Kier alpha value is -2.18. The van der Waals surface area contributed by atoms with Gasteiger partial charge in [-0.05, 0) is 62.8 Å². The SMILES string of the molecule is Cc1ccc([C@H](C)NC(=O)c2cc(S(=O)(=O)N3CCC(C)CC3)ccc2C)cc1. The van der Waals surface area contributed by atoms with Crippen molar-refractivity contribution >= 4 is 15.9 Å². The Labute approximate surface area is 174 Å². The fourth-order valence-corrected chi connectivity index (χ4v) is 5.09. The number of piperidine rings is 1. The first-order valence-corrected chi connectivity index (χ1v) is 11.6. The summed E-state index contributed by atoms with van der Waals surface area (Å²) in [6, 6.07) is 12.7. The summed E-state index contributed by atoms with van der Waals surface area (Å²) < 4.78 is 27.6. The Morgan fingerprint density at radius 3 is 2.31 bits per heavy atom. The van der Waals surface area contributed by atoms with Gasteiger partial charge in [-0.1, -0.05) is 42.8 Å². The number of carbonyl (C=O) groups is 1. The van der Waals surface area contributed by atoms with Crippen molar-refractivity contribution in [1.29, 1.82) is 0 Å². The summed E-state index contributed by atoms with van der Waals surface area (Å²) in [5, 5.41) is 2.99. The van der Waals surface area contributed by atoms with Crippen molar-refractivity contribution < 1.29 is 13.2 Å². The third kappa shape index (κ3) is 4.87. The van der Waals surface area contributed by atoms with Crippen LogP contribution < -0.4 is 5.32 Å². The highest BCUT2D eigenvalue weighted by molar-refractivity contribution is 7.89. The van der Waals surface area contributed by atoms with Crippen LogP contribution in [0.1, 0.15) is 59.8 Å². The van der Waals surface area contributed by atoms with E-state index < -0.39 is 10.0 Å². The van der Waals surface area contributed by atoms with Gasteiger partial charge in [0.1, 0.15) is 0 Å². The molecule has 1 aliphatic heterocycles. The zero-order valence-corrected chi connectivity index (χ0v) is 18.4. The number of nitrogens with zero attached hydrogens (tertiary/aromatic N) is 1. The third-order valence-corrected chi connectivity index (χ3v) is 7.65. The zero-order valence-electron chi connectivity index (χ0n) is 17.6. The Kier molecular flexibility index (Phi) is 6.44. The fraction of sp³-hybridized carbons (Fsp3) is 0.435. The first kappa shape index (κ1) is 21.5. The lowest BCUT2D eigenvalue weighted by molar-refractivity contribution is 0.0939. The quantitative estimate of drug-likeness (QED) is 0.797. The number of hydrogen-bond acceptors (Lipinski definition) is 3. The number of sulfonamides is 1. The van der Waals surface area contributed by atoms with E-state index in [0.29, 0.717) is 24.6 Å². The largest absolute Gasteiger partial charge is 0.346 e. The van der Waals surface area contributed by atoms with E-state index in [2.05, 4.69) is 12.2 Å². The summed E-state index contributed by atoms with van der Waals surface area (Å²) in [6.45, 7) is 8.98. The van der Waals surface area contributed by atoms with E-state index in [4.69, 9.17) is 0 Å². The maximum Gasteiger partial charge on any atom is 0.252 e. The molecule has 2 aromatic carbocycles. The molecule has 0 bridgehead atoms. The summed E-state index contributed by atoms with van der Waals surface area (Å²) in [5.41, 5.74) is 3.32. The van der Waals surface area contributed by atoms with Gasteiger partial charge in [0.15, 0.2) is 0 Å². The summed E-state index contributed by atoms with van der Waals surface area (Å²) in [4.78, 5) is 13.1. The number of carbonyl (C=O) groups excluding carboxylic acids is 1. The second-order valence-corrected chi connectivity index (χ2v) is 10.1. The minimum absolute atomic E-state index is 0.175. The van der Waals surface area contributed by atoms with E-state index in [1.165, 1.54) is 10.4 Å². The maximum absolute atomic E-state index is 13.0. The van der Waals surface area contributed by atoms with Gasteiger partial charge >= 0.3 is 0 Å². The van der Waals surface area contributed by atoms with Crippen LogP contribution in [0.25, 0.3) is 0 Å². The smallest absolute Gasteiger partial charge is 0.252 e. The van der Waals surface area contributed by atoms with Crippen molar-refractivity contribution in [2.24, 2.45) is 5.92 Å². The Balaban J connectivity index is 1.81. The molecule has 3 rings (SSSR count). The molecule has 5 nitrogen and oxygen atoms in total. The molecule has 1 aliphatic rings. The van der Waals surface area contributed by atoms with Crippen molar-refractivity contribution in [3.63, 3.8) is 0 Å². The zero-order chi connectivity index (χ0) is 21.2. The lowest BCUT2D eigenvalue weighted by Crippen LogP contribution is -2.38. The van der Waals surface area contributed by atoms with Gasteiger partial charge in [0.2, 0.25) is 10.0 Å². The van der Waals surface area contributed by atoms with Gasteiger partial charge in [0.25, 0.3) is 5.91 Å². The number of nitrogens with one attached hydrogen (secondary N) is 1. The number of hydrogen-bond donors (Lipinski definition) is 1. The number of aryl methyl sites for hydroxylation is 2. The van der Waals surface area contributed by atoms with Crippen LogP contribution in [0.4, 0.5) is 0 Å². The van der Waals surface area contributed by atoms with Crippen molar-refractivity contribution in [2.75, 3.05) is 13.1 Å². The average molecular weight is 415 g/mol. The molecule has 156 valence electrons. The summed E-state index contributed by atoms with van der Waals surface area (Å²) >= 11 is 0. The van der Waals surface area contributed by atoms with Gasteiger partial charge < -0.3 is 5.32 Å². The first-order chi connectivity index (χ1) is 13.7. The van der Waals surface area contributed by atoms with Crippen molar-refractivity contribution in [3.05, 3.63) is 64.7 Å². The van der Waals surface area contributed by atoms with Gasteiger partial charge in [0.05, 0.1) is 10.9 Å². The molecule has 0 unspecified atom stereocenters. The fourth-order valence-electron chi connectivity index (χ4n) is 3.59. The summed E-state index contributed by atoms with van der Waals surface area (Å²) in [5.74, 6) is 0.281. The number of amides is 1. The van der Waals surface area contributed by atoms with Crippen LogP contribution in [0.5, 0.6) is 0 Å². The predicted molar refractivity (Wildman–Crippen MR) is 115 cm³/mol. The van der Waals surface area contributed by atoms with E-state index in [0.717, 1.165) is 29.5 Å². The van der Waals surface area contributed by atoms with E-state index >= 15 is 0 Å². The number of benzene rings is 2. The summed E-state index contributed by atoms with van der Waals surface area (Å²) in [7, 11) is -3.59. The van der Waals surface area contributed by atoms with Crippen LogP contribution in [0, 0.1) is 19.8 Å². The molecule has 0 radical (unpaired) electrons. The second kappa shape index (κ2) is 8.67. The molecule has 6 heteroatoms. The van der Waals surface area contributed by atoms with Crippen LogP contribution in [-0.4, -0.2) is 31.7 Å². The van der Waals surface area contributed by atoms with Crippen LogP contribution in [-0.2, 0) is 10.0 Å². The monoisotopic (exact) mass is 414 g/mol. The Morgan fingerprint density at radius 2 is 1.69 bits per heavy atom. The molecular formula is C23H30N2O3S. The lowest BCUT2D eigenvalue weighted by Gasteiger charge is -2.29. The van der Waals surface area contributed by atoms with Crippen molar-refractivity contribution in [2.45, 2.75) is 51.5 Å². The van der Waals surface area contributed by atoms with Crippen LogP contribution in [0.2, 0.25) is 0 Å². The molecule has 1 fully saturated rings. The topological polar surface area (TPSA) is 66.5 Å².